The molecule has 0 aromatic carbocycles. The molecule has 1 heteroatoms. The molecule has 0 aromatic rings. The van der Waals surface area contributed by atoms with E-state index in [4.69, 9.17) is 4.74 Å². The standard InChI is InChI=1S/C21H38O/c1-3-4-5-6-7-18-8-10-19(11-9-18)12-13-20-14-16-21(22-2)17-15-20/h4-5,18-21H,3,6-17H2,1-2H3/b5-4+/t18-,19-,20-,21-. The van der Waals surface area contributed by atoms with Gasteiger partial charge >= 0.3 is 0 Å². The van der Waals surface area contributed by atoms with Crippen molar-refractivity contribution in [3.8, 4) is 0 Å². The van der Waals surface area contributed by atoms with Crippen LogP contribution >= 0.6 is 0 Å². The summed E-state index contributed by atoms with van der Waals surface area (Å²) in [6.07, 6.45) is 23.7. The summed E-state index contributed by atoms with van der Waals surface area (Å²) in [6, 6.07) is 0. The van der Waals surface area contributed by atoms with Crippen LogP contribution in [0.3, 0.4) is 0 Å². The molecule has 0 aromatic heterocycles. The van der Waals surface area contributed by atoms with Gasteiger partial charge in [0.25, 0.3) is 0 Å². The Morgan fingerprint density at radius 3 is 1.73 bits per heavy atom. The zero-order chi connectivity index (χ0) is 15.6. The van der Waals surface area contributed by atoms with Crippen molar-refractivity contribution >= 4 is 0 Å². The fourth-order valence-electron chi connectivity index (χ4n) is 4.55. The molecule has 0 spiro atoms. The molecule has 0 saturated heterocycles. The van der Waals surface area contributed by atoms with Gasteiger partial charge in [-0.3, -0.25) is 0 Å². The summed E-state index contributed by atoms with van der Waals surface area (Å²) in [5, 5.41) is 0. The number of hydrogen-bond donors (Lipinski definition) is 0. The van der Waals surface area contributed by atoms with E-state index in [1.165, 1.54) is 83.5 Å². The minimum absolute atomic E-state index is 0.563. The number of allylic oxidation sites excluding steroid dienone is 2. The number of rotatable bonds is 8. The lowest BCUT2D eigenvalue weighted by Gasteiger charge is -2.31. The molecule has 0 unspecified atom stereocenters. The molecule has 2 aliphatic rings. The highest BCUT2D eigenvalue weighted by molar-refractivity contribution is 4.82. The second-order valence-corrected chi connectivity index (χ2v) is 7.80. The Labute approximate surface area is 138 Å². The van der Waals surface area contributed by atoms with Gasteiger partial charge in [-0.15, -0.1) is 0 Å². The van der Waals surface area contributed by atoms with Gasteiger partial charge in [-0.1, -0.05) is 57.6 Å². The van der Waals surface area contributed by atoms with Crippen LogP contribution in [0.4, 0.5) is 0 Å². The summed E-state index contributed by atoms with van der Waals surface area (Å²) in [6.45, 7) is 2.23. The van der Waals surface area contributed by atoms with E-state index in [0.717, 1.165) is 17.8 Å². The topological polar surface area (TPSA) is 9.23 Å². The molecule has 0 N–H and O–H groups in total. The fourth-order valence-corrected chi connectivity index (χ4v) is 4.55. The van der Waals surface area contributed by atoms with Crippen molar-refractivity contribution in [2.45, 2.75) is 96.5 Å². The molecule has 1 nitrogen and oxygen atoms in total. The van der Waals surface area contributed by atoms with E-state index in [9.17, 15) is 0 Å². The molecule has 0 bridgehead atoms. The summed E-state index contributed by atoms with van der Waals surface area (Å²) in [5.74, 6) is 3.07. The van der Waals surface area contributed by atoms with E-state index < -0.39 is 0 Å². The molecule has 2 aliphatic carbocycles. The predicted molar refractivity (Wildman–Crippen MR) is 96.1 cm³/mol. The molecular weight excluding hydrogens is 268 g/mol. The third-order valence-electron chi connectivity index (χ3n) is 6.22. The molecule has 2 rings (SSSR count). The maximum absolute atomic E-state index is 5.49. The maximum Gasteiger partial charge on any atom is 0.0571 e. The summed E-state index contributed by atoms with van der Waals surface area (Å²) < 4.78 is 5.49. The van der Waals surface area contributed by atoms with Crippen LogP contribution in [0.15, 0.2) is 12.2 Å². The quantitative estimate of drug-likeness (QED) is 0.463. The minimum atomic E-state index is 0.563. The highest BCUT2D eigenvalue weighted by Gasteiger charge is 2.24. The monoisotopic (exact) mass is 306 g/mol. The van der Waals surface area contributed by atoms with Crippen LogP contribution in [0, 0.1) is 17.8 Å². The van der Waals surface area contributed by atoms with Crippen molar-refractivity contribution in [3.05, 3.63) is 12.2 Å². The SMILES string of the molecule is CC/C=C/CC[C@H]1CC[C@H](CC[C@H]2CC[C@H](OC)CC2)CC1. The van der Waals surface area contributed by atoms with Crippen LogP contribution in [0.1, 0.15) is 90.4 Å². The van der Waals surface area contributed by atoms with Crippen LogP contribution < -0.4 is 0 Å². The maximum atomic E-state index is 5.49. The van der Waals surface area contributed by atoms with E-state index in [-0.39, 0.29) is 0 Å². The van der Waals surface area contributed by atoms with Crippen molar-refractivity contribution < 1.29 is 4.74 Å². The van der Waals surface area contributed by atoms with Crippen molar-refractivity contribution in [2.24, 2.45) is 17.8 Å². The van der Waals surface area contributed by atoms with Gasteiger partial charge in [0.2, 0.25) is 0 Å². The fraction of sp³-hybridized carbons (Fsp3) is 0.905. The van der Waals surface area contributed by atoms with Crippen LogP contribution in [-0.2, 0) is 4.74 Å². The zero-order valence-corrected chi connectivity index (χ0v) is 15.1. The number of methoxy groups -OCH3 is 1. The Bertz CT molecular complexity index is 293. The van der Waals surface area contributed by atoms with Crippen LogP contribution in [0.2, 0.25) is 0 Å². The molecule has 0 heterocycles. The molecule has 0 aliphatic heterocycles. The van der Waals surface area contributed by atoms with Crippen LogP contribution in [0.25, 0.3) is 0 Å². The summed E-state index contributed by atoms with van der Waals surface area (Å²) >= 11 is 0. The Kier molecular flexibility index (Phi) is 8.59. The summed E-state index contributed by atoms with van der Waals surface area (Å²) in [7, 11) is 1.88. The smallest absolute Gasteiger partial charge is 0.0571 e. The lowest BCUT2D eigenvalue weighted by atomic mass is 9.76. The highest BCUT2D eigenvalue weighted by Crippen LogP contribution is 2.36. The molecule has 2 fully saturated rings. The first-order valence-corrected chi connectivity index (χ1v) is 9.99. The summed E-state index contributed by atoms with van der Waals surface area (Å²) in [5.41, 5.74) is 0. The normalized spacial score (nSPS) is 33.4. The van der Waals surface area contributed by atoms with Gasteiger partial charge in [-0.2, -0.15) is 0 Å². The largest absolute Gasteiger partial charge is 0.381 e. The van der Waals surface area contributed by atoms with Gasteiger partial charge in [-0.25, -0.2) is 0 Å². The van der Waals surface area contributed by atoms with E-state index in [1.807, 2.05) is 7.11 Å². The molecule has 0 atom stereocenters. The number of hydrogen-bond acceptors (Lipinski definition) is 1. The van der Waals surface area contributed by atoms with Crippen LogP contribution in [-0.4, -0.2) is 13.2 Å². The highest BCUT2D eigenvalue weighted by atomic mass is 16.5. The van der Waals surface area contributed by atoms with Gasteiger partial charge < -0.3 is 4.74 Å². The average Bonchev–Trinajstić information content (AvgIpc) is 2.58. The first kappa shape index (κ1) is 18.0. The molecule has 0 amide bonds. The van der Waals surface area contributed by atoms with E-state index in [0.29, 0.717) is 6.10 Å². The molecule has 2 saturated carbocycles. The first-order valence-electron chi connectivity index (χ1n) is 9.99. The number of ether oxygens (including phenoxy) is 1. The van der Waals surface area contributed by atoms with Crippen molar-refractivity contribution in [1.29, 1.82) is 0 Å². The van der Waals surface area contributed by atoms with E-state index in [2.05, 4.69) is 19.1 Å². The Hall–Kier alpha value is -0.300. The Morgan fingerprint density at radius 2 is 1.23 bits per heavy atom. The third-order valence-corrected chi connectivity index (χ3v) is 6.22. The van der Waals surface area contributed by atoms with Gasteiger partial charge in [0.05, 0.1) is 6.10 Å². The van der Waals surface area contributed by atoms with Crippen molar-refractivity contribution in [3.63, 3.8) is 0 Å². The lowest BCUT2D eigenvalue weighted by Crippen LogP contribution is -2.21. The summed E-state index contributed by atoms with van der Waals surface area (Å²) in [4.78, 5) is 0. The molecule has 22 heavy (non-hydrogen) atoms. The Morgan fingerprint density at radius 1 is 0.727 bits per heavy atom. The molecular formula is C21H38O. The van der Waals surface area contributed by atoms with Crippen molar-refractivity contribution in [2.75, 3.05) is 7.11 Å². The third kappa shape index (κ3) is 6.44. The average molecular weight is 307 g/mol. The van der Waals surface area contributed by atoms with Crippen LogP contribution in [0.5, 0.6) is 0 Å². The Balaban J connectivity index is 1.53. The van der Waals surface area contributed by atoms with Crippen molar-refractivity contribution in [1.82, 2.24) is 0 Å². The van der Waals surface area contributed by atoms with Gasteiger partial charge in [0, 0.05) is 7.11 Å². The molecule has 0 radical (unpaired) electrons. The second-order valence-electron chi connectivity index (χ2n) is 7.80. The van der Waals surface area contributed by atoms with E-state index in [1.54, 1.807) is 0 Å². The van der Waals surface area contributed by atoms with Gasteiger partial charge in [0.1, 0.15) is 0 Å². The lowest BCUT2D eigenvalue weighted by molar-refractivity contribution is 0.0540. The predicted octanol–water partition coefficient (Wildman–Crippen LogP) is 6.52. The second kappa shape index (κ2) is 10.5. The minimum Gasteiger partial charge on any atom is -0.381 e. The van der Waals surface area contributed by atoms with Gasteiger partial charge in [-0.05, 0) is 62.7 Å². The van der Waals surface area contributed by atoms with Gasteiger partial charge in [0.15, 0.2) is 0 Å². The van der Waals surface area contributed by atoms with E-state index >= 15 is 0 Å². The first-order chi connectivity index (χ1) is 10.8. The zero-order valence-electron chi connectivity index (χ0n) is 15.1. The molecule has 128 valence electrons.